The van der Waals surface area contributed by atoms with Gasteiger partial charge in [0.25, 0.3) is 0 Å². The Bertz CT molecular complexity index is 694. The van der Waals surface area contributed by atoms with Crippen LogP contribution in [0.3, 0.4) is 0 Å². The van der Waals surface area contributed by atoms with Gasteiger partial charge in [0.1, 0.15) is 5.75 Å². The van der Waals surface area contributed by atoms with Crippen LogP contribution in [0.5, 0.6) is 5.75 Å². The predicted octanol–water partition coefficient (Wildman–Crippen LogP) is 4.66. The number of hydrogen-bond acceptors (Lipinski definition) is 4. The Morgan fingerprint density at radius 3 is 2.52 bits per heavy atom. The number of aryl methyl sites for hydroxylation is 1. The van der Waals surface area contributed by atoms with E-state index < -0.39 is 0 Å². The molecule has 0 unspecified atom stereocenters. The summed E-state index contributed by atoms with van der Waals surface area (Å²) < 4.78 is 5.94. The lowest BCUT2D eigenvalue weighted by atomic mass is 10.0. The van der Waals surface area contributed by atoms with Crippen molar-refractivity contribution in [1.29, 1.82) is 0 Å². The minimum atomic E-state index is 0.0249. The van der Waals surface area contributed by atoms with E-state index in [2.05, 4.69) is 53.4 Å². The van der Waals surface area contributed by atoms with Gasteiger partial charge in [-0.15, -0.1) is 0 Å². The van der Waals surface area contributed by atoms with E-state index in [-0.39, 0.29) is 6.04 Å². The molecule has 1 saturated heterocycles. The number of ether oxygens (including phenoxy) is 1. The molecule has 0 amide bonds. The number of nitrogens with zero attached hydrogens (tertiary/aromatic N) is 2. The molecule has 0 N–H and O–H groups in total. The van der Waals surface area contributed by atoms with Crippen molar-refractivity contribution < 1.29 is 4.74 Å². The lowest BCUT2D eigenvalue weighted by Crippen LogP contribution is -2.36. The van der Waals surface area contributed by atoms with Crippen LogP contribution >= 0.6 is 0 Å². The fraction of sp³-hybridized carbons (Fsp3) is 0.429. The van der Waals surface area contributed by atoms with Crippen LogP contribution in [0.15, 0.2) is 53.7 Å². The first kappa shape index (κ1) is 17.6. The van der Waals surface area contributed by atoms with E-state index in [1.807, 2.05) is 12.1 Å². The molecule has 0 aliphatic carbocycles. The van der Waals surface area contributed by atoms with Crippen LogP contribution in [0.1, 0.15) is 24.8 Å². The molecule has 3 rings (SSSR count). The van der Waals surface area contributed by atoms with Gasteiger partial charge in [0, 0.05) is 19.6 Å². The third-order valence-corrected chi connectivity index (χ3v) is 4.78. The van der Waals surface area contributed by atoms with Gasteiger partial charge in [0.05, 0.1) is 12.6 Å². The topological polar surface area (TPSA) is 41.9 Å². The van der Waals surface area contributed by atoms with Crippen LogP contribution in [-0.4, -0.2) is 37.2 Å². The Morgan fingerprint density at radius 2 is 1.80 bits per heavy atom. The van der Waals surface area contributed by atoms with E-state index in [0.29, 0.717) is 6.61 Å². The Balaban J connectivity index is 1.46. The maximum absolute atomic E-state index is 10.5. The zero-order valence-corrected chi connectivity index (χ0v) is 14.9. The zero-order valence-electron chi connectivity index (χ0n) is 14.9. The summed E-state index contributed by atoms with van der Waals surface area (Å²) in [5, 5.41) is 3.16. The molecule has 0 aromatic heterocycles. The minimum Gasteiger partial charge on any atom is -0.494 e. The average molecular weight is 338 g/mol. The summed E-state index contributed by atoms with van der Waals surface area (Å²) in [4.78, 5) is 12.9. The van der Waals surface area contributed by atoms with E-state index in [1.54, 1.807) is 0 Å². The smallest absolute Gasteiger partial charge is 0.119 e. The van der Waals surface area contributed by atoms with Crippen LogP contribution in [0.25, 0.3) is 11.1 Å². The van der Waals surface area contributed by atoms with Gasteiger partial charge in [-0.1, -0.05) is 47.1 Å². The molecule has 2 aromatic carbocycles. The molecule has 1 fully saturated rings. The fourth-order valence-electron chi connectivity index (χ4n) is 3.32. The molecule has 1 aliphatic heterocycles. The third kappa shape index (κ3) is 5.13. The van der Waals surface area contributed by atoms with Crippen LogP contribution in [0, 0.1) is 11.8 Å². The predicted molar refractivity (Wildman–Crippen MR) is 102 cm³/mol. The Labute approximate surface area is 149 Å². The second-order valence-electron chi connectivity index (χ2n) is 6.78. The van der Waals surface area contributed by atoms with Crippen molar-refractivity contribution in [2.24, 2.45) is 5.18 Å². The molecule has 0 radical (unpaired) electrons. The second-order valence-corrected chi connectivity index (χ2v) is 6.78. The quantitative estimate of drug-likeness (QED) is 0.544. The van der Waals surface area contributed by atoms with Crippen molar-refractivity contribution >= 4 is 0 Å². The molecule has 4 nitrogen and oxygen atoms in total. The normalized spacial score (nSPS) is 15.9. The lowest BCUT2D eigenvalue weighted by molar-refractivity contribution is 0.194. The third-order valence-electron chi connectivity index (χ3n) is 4.78. The van der Waals surface area contributed by atoms with Gasteiger partial charge in [-0.2, -0.15) is 4.91 Å². The molecule has 0 bridgehead atoms. The van der Waals surface area contributed by atoms with Crippen molar-refractivity contribution in [2.45, 2.75) is 32.2 Å². The summed E-state index contributed by atoms with van der Waals surface area (Å²) in [6.07, 6.45) is 2.78. The maximum Gasteiger partial charge on any atom is 0.119 e. The summed E-state index contributed by atoms with van der Waals surface area (Å²) in [5.74, 6) is 0.919. The van der Waals surface area contributed by atoms with Crippen molar-refractivity contribution in [3.63, 3.8) is 0 Å². The van der Waals surface area contributed by atoms with Gasteiger partial charge >= 0.3 is 0 Å². The number of benzene rings is 2. The monoisotopic (exact) mass is 338 g/mol. The van der Waals surface area contributed by atoms with Crippen molar-refractivity contribution in [2.75, 3.05) is 26.2 Å². The summed E-state index contributed by atoms with van der Waals surface area (Å²) in [7, 11) is 0. The molecule has 1 heterocycles. The van der Waals surface area contributed by atoms with Gasteiger partial charge in [-0.25, -0.2) is 0 Å². The fourth-order valence-corrected chi connectivity index (χ4v) is 3.32. The van der Waals surface area contributed by atoms with E-state index >= 15 is 0 Å². The van der Waals surface area contributed by atoms with Crippen LogP contribution in [0.2, 0.25) is 0 Å². The number of likely N-dealkylation sites (tertiary alicyclic amines) is 1. The van der Waals surface area contributed by atoms with E-state index in [9.17, 15) is 4.91 Å². The molecule has 4 heteroatoms. The van der Waals surface area contributed by atoms with Crippen LogP contribution in [0.4, 0.5) is 0 Å². The first-order valence-electron chi connectivity index (χ1n) is 9.09. The molecular formula is C21H26N2O2. The largest absolute Gasteiger partial charge is 0.494 e. The molecule has 25 heavy (non-hydrogen) atoms. The lowest BCUT2D eigenvalue weighted by Gasteiger charge is -2.28. The van der Waals surface area contributed by atoms with Gasteiger partial charge in [-0.05, 0) is 49.4 Å². The summed E-state index contributed by atoms with van der Waals surface area (Å²) in [6, 6.07) is 16.8. The van der Waals surface area contributed by atoms with E-state index in [4.69, 9.17) is 4.74 Å². The summed E-state index contributed by atoms with van der Waals surface area (Å²) in [6.45, 7) is 5.78. The maximum atomic E-state index is 10.5. The number of rotatable bonds is 7. The number of nitroso groups, excluding NO2 is 1. The zero-order chi connectivity index (χ0) is 17.5. The second kappa shape index (κ2) is 8.77. The van der Waals surface area contributed by atoms with Crippen molar-refractivity contribution in [3.8, 4) is 16.9 Å². The Kier molecular flexibility index (Phi) is 6.18. The average Bonchev–Trinajstić information content (AvgIpc) is 2.66. The first-order chi connectivity index (χ1) is 12.2. The van der Waals surface area contributed by atoms with Gasteiger partial charge in [0.15, 0.2) is 0 Å². The Morgan fingerprint density at radius 1 is 1.08 bits per heavy atom. The molecule has 132 valence electrons. The van der Waals surface area contributed by atoms with E-state index in [1.165, 1.54) is 16.7 Å². The summed E-state index contributed by atoms with van der Waals surface area (Å²) in [5.41, 5.74) is 3.67. The standard InChI is InChI=1S/C21H26N2O2/c1-17-5-2-6-18(15-17)19-7-3-8-21(16-19)25-14-4-11-23-12-9-20(22-24)10-13-23/h2-3,5-8,15-16,20H,4,9-14H2,1H3. The van der Waals surface area contributed by atoms with E-state index in [0.717, 1.165) is 44.6 Å². The number of hydrogen-bond donors (Lipinski definition) is 0. The highest BCUT2D eigenvalue weighted by atomic mass is 16.5. The van der Waals surface area contributed by atoms with Crippen LogP contribution < -0.4 is 4.74 Å². The highest BCUT2D eigenvalue weighted by Gasteiger charge is 2.18. The molecule has 0 spiro atoms. The van der Waals surface area contributed by atoms with Gasteiger partial charge < -0.3 is 9.64 Å². The molecule has 0 atom stereocenters. The highest BCUT2D eigenvalue weighted by Crippen LogP contribution is 2.24. The number of piperidine rings is 1. The molecule has 1 aliphatic rings. The van der Waals surface area contributed by atoms with Gasteiger partial charge in [0.2, 0.25) is 0 Å². The van der Waals surface area contributed by atoms with Gasteiger partial charge in [-0.3, -0.25) is 0 Å². The van der Waals surface area contributed by atoms with Crippen molar-refractivity contribution in [1.82, 2.24) is 4.90 Å². The molecular weight excluding hydrogens is 312 g/mol. The molecule has 2 aromatic rings. The van der Waals surface area contributed by atoms with Crippen LogP contribution in [-0.2, 0) is 0 Å². The minimum absolute atomic E-state index is 0.0249. The Hall–Kier alpha value is -2.20. The first-order valence-corrected chi connectivity index (χ1v) is 9.09. The highest BCUT2D eigenvalue weighted by molar-refractivity contribution is 5.65. The summed E-state index contributed by atoms with van der Waals surface area (Å²) >= 11 is 0. The molecule has 0 saturated carbocycles. The van der Waals surface area contributed by atoms with Crippen molar-refractivity contribution in [3.05, 3.63) is 59.0 Å². The SMILES string of the molecule is Cc1cccc(-c2cccc(OCCCN3CCC(N=O)CC3)c2)c1.